The highest BCUT2D eigenvalue weighted by Crippen LogP contribution is 2.22. The fourth-order valence-electron chi connectivity index (χ4n) is 1.64. The van der Waals surface area contributed by atoms with Gasteiger partial charge in [-0.2, -0.15) is 0 Å². The van der Waals surface area contributed by atoms with Crippen LogP contribution in [0.15, 0.2) is 18.2 Å². The lowest BCUT2D eigenvalue weighted by Gasteiger charge is -2.15. The van der Waals surface area contributed by atoms with Crippen molar-refractivity contribution in [3.8, 4) is 5.75 Å². The van der Waals surface area contributed by atoms with Crippen LogP contribution in [0.4, 0.5) is 0 Å². The molecule has 1 aromatic carbocycles. The minimum absolute atomic E-state index is 0.00263. The molecule has 0 bridgehead atoms. The molecule has 1 rings (SSSR count). The highest BCUT2D eigenvalue weighted by atomic mass is 35.5. The second-order valence-corrected chi connectivity index (χ2v) is 4.79. The Balaban J connectivity index is 2.56. The lowest BCUT2D eigenvalue weighted by molar-refractivity contribution is -0.122. The van der Waals surface area contributed by atoms with E-state index < -0.39 is 0 Å². The van der Waals surface area contributed by atoms with Crippen LogP contribution in [0.1, 0.15) is 25.8 Å². The van der Waals surface area contributed by atoms with Crippen LogP contribution in [-0.4, -0.2) is 25.6 Å². The summed E-state index contributed by atoms with van der Waals surface area (Å²) >= 11 is 5.96. The molecule has 1 unspecified atom stereocenters. The van der Waals surface area contributed by atoms with Crippen molar-refractivity contribution < 1.29 is 9.53 Å². The topological polar surface area (TPSA) is 50.4 Å². The standard InChI is InChI=1S/C14H21ClN2O2/c1-4-7-16-14(18)10(2)17-9-11-8-12(15)5-6-13(11)19-3/h5-6,8,10,17H,4,7,9H2,1-3H3,(H,16,18). The number of hydrogen-bond acceptors (Lipinski definition) is 3. The van der Waals surface area contributed by atoms with Gasteiger partial charge >= 0.3 is 0 Å². The first-order chi connectivity index (χ1) is 9.08. The largest absolute Gasteiger partial charge is 0.496 e. The zero-order valence-electron chi connectivity index (χ0n) is 11.6. The van der Waals surface area contributed by atoms with Gasteiger partial charge < -0.3 is 15.4 Å². The molecule has 0 radical (unpaired) electrons. The van der Waals surface area contributed by atoms with Crippen LogP contribution in [0.5, 0.6) is 5.75 Å². The first-order valence-corrected chi connectivity index (χ1v) is 6.79. The average Bonchev–Trinajstić information content (AvgIpc) is 2.42. The highest BCUT2D eigenvalue weighted by Gasteiger charge is 2.12. The van der Waals surface area contributed by atoms with Gasteiger partial charge in [0.1, 0.15) is 5.75 Å². The third-order valence-electron chi connectivity index (χ3n) is 2.78. The summed E-state index contributed by atoms with van der Waals surface area (Å²) in [6.45, 7) is 5.09. The SMILES string of the molecule is CCCNC(=O)C(C)NCc1cc(Cl)ccc1OC. The summed E-state index contributed by atoms with van der Waals surface area (Å²) in [4.78, 5) is 11.7. The monoisotopic (exact) mass is 284 g/mol. The Morgan fingerprint density at radius 3 is 2.84 bits per heavy atom. The molecular formula is C14H21ClN2O2. The van der Waals surface area contributed by atoms with Crippen molar-refractivity contribution in [3.05, 3.63) is 28.8 Å². The number of rotatable bonds is 7. The van der Waals surface area contributed by atoms with Gasteiger partial charge in [0.25, 0.3) is 0 Å². The number of benzene rings is 1. The molecule has 0 saturated heterocycles. The molecule has 106 valence electrons. The Morgan fingerprint density at radius 1 is 1.47 bits per heavy atom. The van der Waals surface area contributed by atoms with Crippen molar-refractivity contribution in [2.24, 2.45) is 0 Å². The summed E-state index contributed by atoms with van der Waals surface area (Å²) in [5, 5.41) is 6.66. The molecule has 0 heterocycles. The zero-order valence-corrected chi connectivity index (χ0v) is 12.4. The van der Waals surface area contributed by atoms with Gasteiger partial charge in [-0.15, -0.1) is 0 Å². The predicted molar refractivity (Wildman–Crippen MR) is 77.6 cm³/mol. The number of ether oxygens (including phenoxy) is 1. The van der Waals surface area contributed by atoms with Crippen molar-refractivity contribution in [2.45, 2.75) is 32.9 Å². The highest BCUT2D eigenvalue weighted by molar-refractivity contribution is 6.30. The predicted octanol–water partition coefficient (Wildman–Crippen LogP) is 2.35. The smallest absolute Gasteiger partial charge is 0.236 e. The molecule has 0 aliphatic rings. The number of methoxy groups -OCH3 is 1. The van der Waals surface area contributed by atoms with Crippen LogP contribution >= 0.6 is 11.6 Å². The van der Waals surface area contributed by atoms with Crippen LogP contribution in [0, 0.1) is 0 Å². The van der Waals surface area contributed by atoms with E-state index in [-0.39, 0.29) is 11.9 Å². The van der Waals surface area contributed by atoms with Crippen LogP contribution < -0.4 is 15.4 Å². The Morgan fingerprint density at radius 2 is 2.21 bits per heavy atom. The van der Waals surface area contributed by atoms with Gasteiger partial charge in [-0.25, -0.2) is 0 Å². The van der Waals surface area contributed by atoms with Crippen LogP contribution in [-0.2, 0) is 11.3 Å². The van der Waals surface area contributed by atoms with Gasteiger partial charge in [0.2, 0.25) is 5.91 Å². The van der Waals surface area contributed by atoms with Crippen molar-refractivity contribution >= 4 is 17.5 Å². The van der Waals surface area contributed by atoms with Gasteiger partial charge in [-0.05, 0) is 31.5 Å². The van der Waals surface area contributed by atoms with Crippen LogP contribution in [0.25, 0.3) is 0 Å². The molecule has 2 N–H and O–H groups in total. The third-order valence-corrected chi connectivity index (χ3v) is 3.02. The van der Waals surface area contributed by atoms with E-state index >= 15 is 0 Å². The van der Waals surface area contributed by atoms with Gasteiger partial charge in [-0.1, -0.05) is 18.5 Å². The lowest BCUT2D eigenvalue weighted by Crippen LogP contribution is -2.42. The molecule has 0 aliphatic heterocycles. The molecule has 0 aromatic heterocycles. The summed E-state index contributed by atoms with van der Waals surface area (Å²) in [5.74, 6) is 0.765. The molecular weight excluding hydrogens is 264 g/mol. The average molecular weight is 285 g/mol. The Kier molecular flexibility index (Phi) is 6.67. The number of carbonyl (C=O) groups is 1. The quantitative estimate of drug-likeness (QED) is 0.808. The number of carbonyl (C=O) groups excluding carboxylic acids is 1. The Hall–Kier alpha value is -1.26. The molecule has 19 heavy (non-hydrogen) atoms. The number of nitrogens with one attached hydrogen (secondary N) is 2. The van der Waals surface area contributed by atoms with Gasteiger partial charge in [0.05, 0.1) is 13.2 Å². The normalized spacial score (nSPS) is 12.0. The first kappa shape index (κ1) is 15.8. The summed E-state index contributed by atoms with van der Waals surface area (Å²) in [7, 11) is 1.62. The van der Waals surface area contributed by atoms with E-state index in [0.29, 0.717) is 18.1 Å². The maximum Gasteiger partial charge on any atom is 0.236 e. The molecule has 1 aromatic rings. The van der Waals surface area contributed by atoms with E-state index in [0.717, 1.165) is 17.7 Å². The molecule has 0 aliphatic carbocycles. The minimum atomic E-state index is -0.254. The number of halogens is 1. The second-order valence-electron chi connectivity index (χ2n) is 4.35. The van der Waals surface area contributed by atoms with Crippen molar-refractivity contribution in [3.63, 3.8) is 0 Å². The molecule has 0 fully saturated rings. The van der Waals surface area contributed by atoms with Gasteiger partial charge in [0, 0.05) is 23.7 Å². The van der Waals surface area contributed by atoms with Crippen LogP contribution in [0.3, 0.4) is 0 Å². The fourth-order valence-corrected chi connectivity index (χ4v) is 1.84. The maximum atomic E-state index is 11.7. The van der Waals surface area contributed by atoms with Crippen molar-refractivity contribution in [1.82, 2.24) is 10.6 Å². The molecule has 0 spiro atoms. The second kappa shape index (κ2) is 8.02. The fraction of sp³-hybridized carbons (Fsp3) is 0.500. The Bertz CT molecular complexity index is 424. The maximum absolute atomic E-state index is 11.7. The van der Waals surface area contributed by atoms with E-state index in [9.17, 15) is 4.79 Å². The van der Waals surface area contributed by atoms with Gasteiger partial charge in [0.15, 0.2) is 0 Å². The summed E-state index contributed by atoms with van der Waals surface area (Å²) in [6, 6.07) is 5.18. The van der Waals surface area contributed by atoms with Gasteiger partial charge in [-0.3, -0.25) is 4.79 Å². The summed E-state index contributed by atoms with van der Waals surface area (Å²) in [5.41, 5.74) is 0.935. The van der Waals surface area contributed by atoms with Crippen molar-refractivity contribution in [1.29, 1.82) is 0 Å². The molecule has 1 atom stereocenters. The first-order valence-electron chi connectivity index (χ1n) is 6.42. The minimum Gasteiger partial charge on any atom is -0.496 e. The number of amides is 1. The van der Waals surface area contributed by atoms with Crippen molar-refractivity contribution in [2.75, 3.05) is 13.7 Å². The van der Waals surface area contributed by atoms with E-state index in [1.807, 2.05) is 26.0 Å². The lowest BCUT2D eigenvalue weighted by atomic mass is 10.2. The zero-order chi connectivity index (χ0) is 14.3. The molecule has 4 nitrogen and oxygen atoms in total. The van der Waals surface area contributed by atoms with E-state index in [2.05, 4.69) is 10.6 Å². The molecule has 5 heteroatoms. The summed E-state index contributed by atoms with van der Waals surface area (Å²) in [6.07, 6.45) is 0.931. The third kappa shape index (κ3) is 5.09. The van der Waals surface area contributed by atoms with E-state index in [1.54, 1.807) is 13.2 Å². The summed E-state index contributed by atoms with van der Waals surface area (Å²) < 4.78 is 5.26. The Labute approximate surface area is 119 Å². The molecule has 1 amide bonds. The van der Waals surface area contributed by atoms with Crippen LogP contribution in [0.2, 0.25) is 5.02 Å². The number of hydrogen-bond donors (Lipinski definition) is 2. The van der Waals surface area contributed by atoms with E-state index in [1.165, 1.54) is 0 Å². The molecule has 0 saturated carbocycles. The van der Waals surface area contributed by atoms with E-state index in [4.69, 9.17) is 16.3 Å².